The fourth-order valence-corrected chi connectivity index (χ4v) is 6.39. The second-order valence-electron chi connectivity index (χ2n) is 9.84. The molecule has 3 aromatic carbocycles. The minimum Gasteiger partial charge on any atom is -0.497 e. The smallest absolute Gasteiger partial charge is 0.264 e. The molecule has 40 heavy (non-hydrogen) atoms. The molecule has 1 saturated carbocycles. The number of rotatable bonds is 11. The van der Waals surface area contributed by atoms with Crippen molar-refractivity contribution in [3.8, 4) is 5.75 Å². The maximum Gasteiger partial charge on any atom is 0.264 e. The standard InChI is InChI=1S/C30H34ClN3O5S/c1-22(30(36)32-25-10-6-7-11-25)33(20-23-15-17-27(39-2)18-16-23)29(35)21-34(26-12-8-9-24(31)19-26)40(37,38)28-13-4-3-5-14-28/h3-5,8-9,12-19,22,25H,6-7,10-11,20-21H2,1-2H3,(H,32,36)/t22-/m0/s1. The van der Waals surface area contributed by atoms with Crippen molar-refractivity contribution in [3.05, 3.63) is 89.4 Å². The van der Waals surface area contributed by atoms with E-state index in [2.05, 4.69) is 5.32 Å². The molecule has 0 bridgehead atoms. The maximum atomic E-state index is 14.0. The summed E-state index contributed by atoms with van der Waals surface area (Å²) in [5.41, 5.74) is 1.02. The fraction of sp³-hybridized carbons (Fsp3) is 0.333. The number of amides is 2. The zero-order valence-electron chi connectivity index (χ0n) is 22.6. The highest BCUT2D eigenvalue weighted by atomic mass is 35.5. The van der Waals surface area contributed by atoms with Crippen LogP contribution in [0.1, 0.15) is 38.2 Å². The molecule has 10 heteroatoms. The van der Waals surface area contributed by atoms with Gasteiger partial charge in [0.05, 0.1) is 17.7 Å². The van der Waals surface area contributed by atoms with Gasteiger partial charge in [-0.25, -0.2) is 8.42 Å². The Morgan fingerprint density at radius 1 is 1.00 bits per heavy atom. The van der Waals surface area contributed by atoms with Crippen LogP contribution >= 0.6 is 11.6 Å². The minimum absolute atomic E-state index is 0.0384. The van der Waals surface area contributed by atoms with Crippen LogP contribution in [-0.2, 0) is 26.2 Å². The number of hydrogen-bond donors (Lipinski definition) is 1. The summed E-state index contributed by atoms with van der Waals surface area (Å²) in [6, 6.07) is 20.7. The lowest BCUT2D eigenvalue weighted by atomic mass is 10.1. The van der Waals surface area contributed by atoms with Gasteiger partial charge in [-0.05, 0) is 67.8 Å². The summed E-state index contributed by atoms with van der Waals surface area (Å²) in [5.74, 6) is -0.131. The summed E-state index contributed by atoms with van der Waals surface area (Å²) in [4.78, 5) is 28.7. The normalized spacial score (nSPS) is 14.4. The molecule has 0 saturated heterocycles. The number of benzene rings is 3. The molecule has 1 fully saturated rings. The molecule has 0 heterocycles. The Bertz CT molecular complexity index is 1410. The highest BCUT2D eigenvalue weighted by Gasteiger charge is 2.33. The monoisotopic (exact) mass is 583 g/mol. The van der Waals surface area contributed by atoms with Crippen molar-refractivity contribution in [2.45, 2.75) is 56.1 Å². The first-order valence-electron chi connectivity index (χ1n) is 13.2. The number of halogens is 1. The zero-order chi connectivity index (χ0) is 28.7. The van der Waals surface area contributed by atoms with Crippen molar-refractivity contribution in [3.63, 3.8) is 0 Å². The van der Waals surface area contributed by atoms with Crippen LogP contribution in [0.25, 0.3) is 0 Å². The van der Waals surface area contributed by atoms with Crippen molar-refractivity contribution < 1.29 is 22.7 Å². The maximum absolute atomic E-state index is 14.0. The first-order chi connectivity index (χ1) is 19.2. The number of methoxy groups -OCH3 is 1. The summed E-state index contributed by atoms with van der Waals surface area (Å²) >= 11 is 6.21. The van der Waals surface area contributed by atoms with Crippen molar-refractivity contribution in [1.29, 1.82) is 0 Å². The fourth-order valence-electron chi connectivity index (χ4n) is 4.78. The van der Waals surface area contributed by atoms with E-state index in [1.807, 2.05) is 12.1 Å². The Labute approximate surface area is 240 Å². The summed E-state index contributed by atoms with van der Waals surface area (Å²) < 4.78 is 33.9. The second-order valence-corrected chi connectivity index (χ2v) is 12.1. The topological polar surface area (TPSA) is 96.0 Å². The van der Waals surface area contributed by atoms with E-state index >= 15 is 0 Å². The van der Waals surface area contributed by atoms with Crippen LogP contribution in [0.15, 0.2) is 83.8 Å². The molecule has 1 atom stereocenters. The second kappa shape index (κ2) is 13.2. The Hall–Kier alpha value is -3.56. The lowest BCUT2D eigenvalue weighted by Crippen LogP contribution is -2.52. The summed E-state index contributed by atoms with van der Waals surface area (Å²) in [6.07, 6.45) is 3.92. The number of carbonyl (C=O) groups is 2. The molecule has 0 unspecified atom stereocenters. The summed E-state index contributed by atoms with van der Waals surface area (Å²) in [6.45, 7) is 1.26. The SMILES string of the molecule is COc1ccc(CN(C(=O)CN(c2cccc(Cl)c2)S(=O)(=O)c2ccccc2)[C@@H](C)C(=O)NC2CCCC2)cc1. The van der Waals surface area contributed by atoms with Crippen molar-refractivity contribution >= 4 is 39.1 Å². The molecule has 0 spiro atoms. The van der Waals surface area contributed by atoms with Crippen LogP contribution < -0.4 is 14.4 Å². The third kappa shape index (κ3) is 7.14. The van der Waals surface area contributed by atoms with Crippen molar-refractivity contribution in [2.24, 2.45) is 0 Å². The molecular formula is C30H34ClN3O5S. The predicted molar refractivity (Wildman–Crippen MR) is 156 cm³/mol. The quantitative estimate of drug-likeness (QED) is 0.342. The lowest BCUT2D eigenvalue weighted by Gasteiger charge is -2.32. The van der Waals surface area contributed by atoms with Crippen LogP contribution in [0, 0.1) is 0 Å². The largest absolute Gasteiger partial charge is 0.497 e. The Morgan fingerprint density at radius 3 is 2.30 bits per heavy atom. The van der Waals surface area contributed by atoms with Gasteiger partial charge in [-0.15, -0.1) is 0 Å². The molecule has 4 rings (SSSR count). The lowest BCUT2D eigenvalue weighted by molar-refractivity contribution is -0.139. The van der Waals surface area contributed by atoms with Crippen LogP contribution in [0.3, 0.4) is 0 Å². The van der Waals surface area contributed by atoms with E-state index in [9.17, 15) is 18.0 Å². The van der Waals surface area contributed by atoms with Gasteiger partial charge in [0, 0.05) is 17.6 Å². The average Bonchev–Trinajstić information content (AvgIpc) is 3.48. The van der Waals surface area contributed by atoms with E-state index in [0.29, 0.717) is 10.8 Å². The van der Waals surface area contributed by atoms with Crippen molar-refractivity contribution in [1.82, 2.24) is 10.2 Å². The van der Waals surface area contributed by atoms with Gasteiger partial charge in [0.15, 0.2) is 0 Å². The van der Waals surface area contributed by atoms with Gasteiger partial charge in [0.25, 0.3) is 10.0 Å². The number of ether oxygens (including phenoxy) is 1. The Kier molecular flexibility index (Phi) is 9.71. The van der Waals surface area contributed by atoms with Crippen molar-refractivity contribution in [2.75, 3.05) is 18.0 Å². The van der Waals surface area contributed by atoms with Crippen LogP contribution in [0.5, 0.6) is 5.75 Å². The molecule has 3 aromatic rings. The minimum atomic E-state index is -4.14. The first kappa shape index (κ1) is 29.4. The predicted octanol–water partition coefficient (Wildman–Crippen LogP) is 5.02. The van der Waals surface area contributed by atoms with E-state index in [1.54, 1.807) is 62.6 Å². The molecule has 8 nitrogen and oxygen atoms in total. The zero-order valence-corrected chi connectivity index (χ0v) is 24.2. The molecule has 0 aliphatic heterocycles. The van der Waals surface area contributed by atoms with E-state index in [-0.39, 0.29) is 29.1 Å². The van der Waals surface area contributed by atoms with Gasteiger partial charge in [-0.3, -0.25) is 13.9 Å². The third-order valence-electron chi connectivity index (χ3n) is 7.09. The molecule has 0 aromatic heterocycles. The number of carbonyl (C=O) groups excluding carboxylic acids is 2. The average molecular weight is 584 g/mol. The van der Waals surface area contributed by atoms with E-state index in [0.717, 1.165) is 35.6 Å². The summed E-state index contributed by atoms with van der Waals surface area (Å²) in [7, 11) is -2.57. The first-order valence-corrected chi connectivity index (χ1v) is 15.1. The molecule has 1 aliphatic rings. The van der Waals surface area contributed by atoms with Gasteiger partial charge in [0.1, 0.15) is 18.3 Å². The molecule has 0 radical (unpaired) electrons. The number of nitrogens with one attached hydrogen (secondary N) is 1. The molecular weight excluding hydrogens is 550 g/mol. The van der Waals surface area contributed by atoms with E-state index in [1.165, 1.54) is 23.1 Å². The highest BCUT2D eigenvalue weighted by molar-refractivity contribution is 7.92. The van der Waals surface area contributed by atoms with Gasteiger partial charge >= 0.3 is 0 Å². The van der Waals surface area contributed by atoms with Crippen LogP contribution in [-0.4, -0.2) is 50.9 Å². The van der Waals surface area contributed by atoms with E-state index in [4.69, 9.17) is 16.3 Å². The molecule has 1 N–H and O–H groups in total. The van der Waals surface area contributed by atoms with Gasteiger partial charge < -0.3 is 15.0 Å². The number of sulfonamides is 1. The number of anilines is 1. The number of hydrogen-bond acceptors (Lipinski definition) is 5. The van der Waals surface area contributed by atoms with Gasteiger partial charge in [-0.2, -0.15) is 0 Å². The van der Waals surface area contributed by atoms with Crippen LogP contribution in [0.2, 0.25) is 5.02 Å². The molecule has 1 aliphatic carbocycles. The Balaban J connectivity index is 1.67. The van der Waals surface area contributed by atoms with Crippen LogP contribution in [0.4, 0.5) is 5.69 Å². The number of nitrogens with zero attached hydrogens (tertiary/aromatic N) is 2. The molecule has 2 amide bonds. The van der Waals surface area contributed by atoms with Gasteiger partial charge in [-0.1, -0.05) is 60.8 Å². The van der Waals surface area contributed by atoms with Gasteiger partial charge in [0.2, 0.25) is 11.8 Å². The molecule has 212 valence electrons. The van der Waals surface area contributed by atoms with E-state index < -0.39 is 28.5 Å². The summed E-state index contributed by atoms with van der Waals surface area (Å²) in [5, 5.41) is 3.40. The Morgan fingerprint density at radius 2 is 1.68 bits per heavy atom. The highest BCUT2D eigenvalue weighted by Crippen LogP contribution is 2.27. The third-order valence-corrected chi connectivity index (χ3v) is 9.11.